The standard InChI is InChI=1S/C19H26FN3O2.ClH/c20-16-6-3-5-15(13-16)14-18(24)22-9-4-10-23(12-11-22)19(25)17-7-1-2-8-21-17;/h3,5-6,13,17,21H,1-2,4,7-12,14H2;1H. The van der Waals surface area contributed by atoms with Gasteiger partial charge < -0.3 is 15.1 Å². The zero-order chi connectivity index (χ0) is 17.6. The van der Waals surface area contributed by atoms with Gasteiger partial charge in [-0.3, -0.25) is 9.59 Å². The van der Waals surface area contributed by atoms with Crippen LogP contribution in [0.2, 0.25) is 0 Å². The van der Waals surface area contributed by atoms with Gasteiger partial charge in [0, 0.05) is 26.2 Å². The summed E-state index contributed by atoms with van der Waals surface area (Å²) < 4.78 is 13.3. The van der Waals surface area contributed by atoms with Crippen LogP contribution in [0.4, 0.5) is 4.39 Å². The van der Waals surface area contributed by atoms with Crippen molar-refractivity contribution in [2.75, 3.05) is 32.7 Å². The Hall–Kier alpha value is -1.66. The number of hydrogen-bond acceptors (Lipinski definition) is 3. The van der Waals surface area contributed by atoms with Crippen LogP contribution in [0.1, 0.15) is 31.2 Å². The first kappa shape index (κ1) is 20.6. The molecule has 1 atom stereocenters. The molecule has 0 bridgehead atoms. The van der Waals surface area contributed by atoms with Gasteiger partial charge in [-0.05, 0) is 43.5 Å². The Bertz CT molecular complexity index is 623. The third kappa shape index (κ3) is 5.42. The summed E-state index contributed by atoms with van der Waals surface area (Å²) in [5.74, 6) is -0.160. The molecule has 2 amide bonds. The molecule has 0 saturated carbocycles. The Morgan fingerprint density at radius 1 is 1.08 bits per heavy atom. The van der Waals surface area contributed by atoms with Crippen molar-refractivity contribution < 1.29 is 14.0 Å². The lowest BCUT2D eigenvalue weighted by atomic mass is 10.0. The van der Waals surface area contributed by atoms with Crippen LogP contribution in [-0.2, 0) is 16.0 Å². The van der Waals surface area contributed by atoms with Gasteiger partial charge in [0.05, 0.1) is 12.5 Å². The fraction of sp³-hybridized carbons (Fsp3) is 0.579. The molecule has 1 aromatic carbocycles. The molecule has 2 heterocycles. The minimum absolute atomic E-state index is 0. The molecule has 2 saturated heterocycles. The largest absolute Gasteiger partial charge is 0.341 e. The molecule has 0 aromatic heterocycles. The van der Waals surface area contributed by atoms with E-state index >= 15 is 0 Å². The number of hydrogen-bond donors (Lipinski definition) is 1. The third-order valence-corrected chi connectivity index (χ3v) is 5.01. The molecule has 2 aliphatic heterocycles. The fourth-order valence-electron chi connectivity index (χ4n) is 3.60. The minimum atomic E-state index is -0.321. The quantitative estimate of drug-likeness (QED) is 0.868. The SMILES string of the molecule is Cl.O=C(Cc1cccc(F)c1)N1CCCN(C(=O)C2CCCCN2)CC1. The summed E-state index contributed by atoms with van der Waals surface area (Å²) in [6.45, 7) is 3.37. The molecule has 1 aromatic rings. The van der Waals surface area contributed by atoms with Crippen LogP contribution in [0.3, 0.4) is 0 Å². The Kier molecular flexibility index (Phi) is 7.85. The zero-order valence-electron chi connectivity index (χ0n) is 15.0. The maximum atomic E-state index is 13.3. The monoisotopic (exact) mass is 383 g/mol. The lowest BCUT2D eigenvalue weighted by Gasteiger charge is -2.29. The predicted molar refractivity (Wildman–Crippen MR) is 101 cm³/mol. The number of amides is 2. The maximum absolute atomic E-state index is 13.3. The molecule has 7 heteroatoms. The maximum Gasteiger partial charge on any atom is 0.239 e. The van der Waals surface area contributed by atoms with Crippen LogP contribution >= 0.6 is 12.4 Å². The second-order valence-corrected chi connectivity index (χ2v) is 6.87. The summed E-state index contributed by atoms with van der Waals surface area (Å²) in [7, 11) is 0. The number of benzene rings is 1. The van der Waals surface area contributed by atoms with E-state index in [1.165, 1.54) is 12.1 Å². The number of rotatable bonds is 3. The van der Waals surface area contributed by atoms with Gasteiger partial charge in [0.1, 0.15) is 5.82 Å². The number of nitrogens with zero attached hydrogens (tertiary/aromatic N) is 2. The molecule has 2 fully saturated rings. The van der Waals surface area contributed by atoms with Crippen molar-refractivity contribution in [2.45, 2.75) is 38.1 Å². The average molecular weight is 384 g/mol. The molecule has 0 radical (unpaired) electrons. The summed E-state index contributed by atoms with van der Waals surface area (Å²) in [6, 6.07) is 6.10. The van der Waals surface area contributed by atoms with Crippen molar-refractivity contribution >= 4 is 24.2 Å². The second kappa shape index (κ2) is 9.88. The molecule has 5 nitrogen and oxygen atoms in total. The number of halogens is 2. The Morgan fingerprint density at radius 3 is 2.58 bits per heavy atom. The minimum Gasteiger partial charge on any atom is -0.341 e. The summed E-state index contributed by atoms with van der Waals surface area (Å²) in [5, 5.41) is 3.30. The molecule has 0 aliphatic carbocycles. The first-order valence-electron chi connectivity index (χ1n) is 9.18. The molecular weight excluding hydrogens is 357 g/mol. The summed E-state index contributed by atoms with van der Waals surface area (Å²) in [5.41, 5.74) is 0.689. The van der Waals surface area contributed by atoms with Crippen molar-refractivity contribution in [3.8, 4) is 0 Å². The number of nitrogens with one attached hydrogen (secondary N) is 1. The van der Waals surface area contributed by atoms with Crippen LogP contribution in [0.15, 0.2) is 24.3 Å². The van der Waals surface area contributed by atoms with E-state index in [2.05, 4.69) is 5.32 Å². The highest BCUT2D eigenvalue weighted by Crippen LogP contribution is 2.13. The van der Waals surface area contributed by atoms with E-state index < -0.39 is 0 Å². The van der Waals surface area contributed by atoms with Gasteiger partial charge in [0.2, 0.25) is 11.8 Å². The van der Waals surface area contributed by atoms with E-state index in [1.54, 1.807) is 17.0 Å². The molecule has 1 unspecified atom stereocenters. The molecule has 26 heavy (non-hydrogen) atoms. The van der Waals surface area contributed by atoms with Gasteiger partial charge in [0.25, 0.3) is 0 Å². The van der Waals surface area contributed by atoms with Crippen molar-refractivity contribution in [3.63, 3.8) is 0 Å². The lowest BCUT2D eigenvalue weighted by molar-refractivity contribution is -0.135. The third-order valence-electron chi connectivity index (χ3n) is 5.01. The van der Waals surface area contributed by atoms with Crippen LogP contribution in [0.25, 0.3) is 0 Å². The van der Waals surface area contributed by atoms with E-state index in [-0.39, 0.29) is 42.5 Å². The van der Waals surface area contributed by atoms with E-state index in [9.17, 15) is 14.0 Å². The molecule has 144 valence electrons. The van der Waals surface area contributed by atoms with Crippen molar-refractivity contribution in [1.29, 1.82) is 0 Å². The number of carbonyl (C=O) groups is 2. The van der Waals surface area contributed by atoms with E-state index in [0.717, 1.165) is 32.2 Å². The van der Waals surface area contributed by atoms with E-state index in [0.29, 0.717) is 31.7 Å². The van der Waals surface area contributed by atoms with Crippen molar-refractivity contribution in [3.05, 3.63) is 35.6 Å². The smallest absolute Gasteiger partial charge is 0.239 e. The lowest BCUT2D eigenvalue weighted by Crippen LogP contribution is -2.49. The van der Waals surface area contributed by atoms with Crippen molar-refractivity contribution in [1.82, 2.24) is 15.1 Å². The summed E-state index contributed by atoms with van der Waals surface area (Å²) in [6.07, 6.45) is 4.11. The normalized spacial score (nSPS) is 20.9. The first-order chi connectivity index (χ1) is 12.1. The fourth-order valence-corrected chi connectivity index (χ4v) is 3.60. The molecule has 1 N–H and O–H groups in total. The number of carbonyl (C=O) groups excluding carboxylic acids is 2. The average Bonchev–Trinajstić information content (AvgIpc) is 2.88. The Labute approximate surface area is 160 Å². The van der Waals surface area contributed by atoms with Gasteiger partial charge in [-0.1, -0.05) is 18.6 Å². The van der Waals surface area contributed by atoms with Gasteiger partial charge >= 0.3 is 0 Å². The number of piperidine rings is 1. The first-order valence-corrected chi connectivity index (χ1v) is 9.18. The second-order valence-electron chi connectivity index (χ2n) is 6.87. The van der Waals surface area contributed by atoms with Crippen LogP contribution in [0.5, 0.6) is 0 Å². The van der Waals surface area contributed by atoms with Crippen LogP contribution in [-0.4, -0.2) is 60.4 Å². The summed E-state index contributed by atoms with van der Waals surface area (Å²) >= 11 is 0. The van der Waals surface area contributed by atoms with Gasteiger partial charge in [-0.25, -0.2) is 4.39 Å². The Balaban J connectivity index is 0.00000243. The molecule has 0 spiro atoms. The molecular formula is C19H27ClFN3O2. The highest BCUT2D eigenvalue weighted by molar-refractivity contribution is 5.85. The predicted octanol–water partition coefficient (Wildman–Crippen LogP) is 1.99. The van der Waals surface area contributed by atoms with Gasteiger partial charge in [-0.2, -0.15) is 0 Å². The van der Waals surface area contributed by atoms with Crippen LogP contribution < -0.4 is 5.32 Å². The van der Waals surface area contributed by atoms with Crippen LogP contribution in [0, 0.1) is 5.82 Å². The topological polar surface area (TPSA) is 52.7 Å². The highest BCUT2D eigenvalue weighted by atomic mass is 35.5. The Morgan fingerprint density at radius 2 is 1.85 bits per heavy atom. The molecule has 3 rings (SSSR count). The van der Waals surface area contributed by atoms with E-state index in [1.807, 2.05) is 4.90 Å². The highest BCUT2D eigenvalue weighted by Gasteiger charge is 2.28. The molecule has 2 aliphatic rings. The van der Waals surface area contributed by atoms with E-state index in [4.69, 9.17) is 0 Å². The van der Waals surface area contributed by atoms with Gasteiger partial charge in [-0.15, -0.1) is 12.4 Å². The van der Waals surface area contributed by atoms with Crippen molar-refractivity contribution in [2.24, 2.45) is 0 Å². The summed E-state index contributed by atoms with van der Waals surface area (Å²) in [4.78, 5) is 28.8. The zero-order valence-corrected chi connectivity index (χ0v) is 15.8. The van der Waals surface area contributed by atoms with Gasteiger partial charge in [0.15, 0.2) is 0 Å².